The summed E-state index contributed by atoms with van der Waals surface area (Å²) in [5, 5.41) is 0. The van der Waals surface area contributed by atoms with Crippen molar-refractivity contribution in [3.8, 4) is 0 Å². The smallest absolute Gasteiger partial charge is 0.303 e. The van der Waals surface area contributed by atoms with Gasteiger partial charge in [0.2, 0.25) is 0 Å². The van der Waals surface area contributed by atoms with Gasteiger partial charge in [-0.05, 0) is 16.8 Å². The highest BCUT2D eigenvalue weighted by Crippen LogP contribution is 2.49. The predicted octanol–water partition coefficient (Wildman–Crippen LogP) is 2.89. The van der Waals surface area contributed by atoms with Crippen molar-refractivity contribution in [2.45, 2.75) is 0 Å². The Morgan fingerprint density at radius 2 is 2.00 bits per heavy atom. The third-order valence-corrected chi connectivity index (χ3v) is 3.65. The van der Waals surface area contributed by atoms with E-state index in [9.17, 15) is 4.57 Å². The number of benzene rings is 1. The molecule has 1 aromatic rings. The summed E-state index contributed by atoms with van der Waals surface area (Å²) in [6.07, 6.45) is 0. The molecule has 14 heavy (non-hydrogen) atoms. The van der Waals surface area contributed by atoms with Crippen LogP contribution >= 0.6 is 18.0 Å². The molecular formula is C9H12ClN2OP. The van der Waals surface area contributed by atoms with Crippen molar-refractivity contribution >= 4 is 23.7 Å². The highest BCUT2D eigenvalue weighted by atomic mass is 35.7. The third-order valence-electron chi connectivity index (χ3n) is 1.91. The van der Waals surface area contributed by atoms with Gasteiger partial charge in [-0.15, -0.1) is 0 Å². The second kappa shape index (κ2) is 4.18. The summed E-state index contributed by atoms with van der Waals surface area (Å²) in [7, 11) is 1.56. The molecule has 0 amide bonds. The van der Waals surface area contributed by atoms with Crippen LogP contribution in [0.15, 0.2) is 36.9 Å². The van der Waals surface area contributed by atoms with Gasteiger partial charge >= 0.3 is 6.80 Å². The first kappa shape index (κ1) is 11.3. The van der Waals surface area contributed by atoms with E-state index < -0.39 is 6.80 Å². The average Bonchev–Trinajstić information content (AvgIpc) is 2.15. The molecule has 1 unspecified atom stereocenters. The maximum Gasteiger partial charge on any atom is 0.323 e. The van der Waals surface area contributed by atoms with Crippen LogP contribution in [-0.4, -0.2) is 11.7 Å². The van der Waals surface area contributed by atoms with E-state index in [1.165, 1.54) is 4.67 Å². The molecule has 1 aromatic carbocycles. The summed E-state index contributed by atoms with van der Waals surface area (Å²) in [5.74, 6) is 0. The number of nitrogens with two attached hydrogens (primary N) is 1. The second-order valence-electron chi connectivity index (χ2n) is 2.88. The predicted molar refractivity (Wildman–Crippen MR) is 60.9 cm³/mol. The Hall–Kier alpha value is -0.760. The van der Waals surface area contributed by atoms with Crippen molar-refractivity contribution in [2.75, 3.05) is 7.05 Å². The Balaban J connectivity index is 2.93. The lowest BCUT2D eigenvalue weighted by molar-refractivity contribution is 0.551. The van der Waals surface area contributed by atoms with Gasteiger partial charge in [0, 0.05) is 12.7 Å². The molecule has 0 aliphatic heterocycles. The van der Waals surface area contributed by atoms with Crippen molar-refractivity contribution in [1.82, 2.24) is 4.67 Å². The molecule has 0 radical (unpaired) electrons. The van der Waals surface area contributed by atoms with Crippen molar-refractivity contribution in [3.63, 3.8) is 0 Å². The minimum absolute atomic E-state index is 0.548. The zero-order valence-corrected chi connectivity index (χ0v) is 9.50. The summed E-state index contributed by atoms with van der Waals surface area (Å²) in [4.78, 5) is 0. The van der Waals surface area contributed by atoms with E-state index in [0.717, 1.165) is 5.56 Å². The second-order valence-corrected chi connectivity index (χ2v) is 6.02. The lowest BCUT2D eigenvalue weighted by atomic mass is 10.2. The van der Waals surface area contributed by atoms with Gasteiger partial charge in [-0.3, -0.25) is 10.1 Å². The van der Waals surface area contributed by atoms with Crippen LogP contribution in [0.1, 0.15) is 5.56 Å². The van der Waals surface area contributed by atoms with Crippen molar-refractivity contribution in [1.29, 1.82) is 0 Å². The fourth-order valence-corrected chi connectivity index (χ4v) is 1.70. The standard InChI is InChI=1S/C9H12ClN2OP/c1-8(12(2)14(10,11)13)9-6-4-3-5-7-9/h3-7H,1H2,2H3,(H2,11,13). The van der Waals surface area contributed by atoms with Gasteiger partial charge in [-0.2, -0.15) is 0 Å². The lowest BCUT2D eigenvalue weighted by Gasteiger charge is -2.23. The Bertz CT molecular complexity index is 374. The number of hydrogen-bond acceptors (Lipinski definition) is 1. The van der Waals surface area contributed by atoms with Crippen LogP contribution in [-0.2, 0) is 4.57 Å². The van der Waals surface area contributed by atoms with Crippen LogP contribution in [0.4, 0.5) is 0 Å². The van der Waals surface area contributed by atoms with Crippen LogP contribution in [0.5, 0.6) is 0 Å². The van der Waals surface area contributed by atoms with Gasteiger partial charge in [0.15, 0.2) is 0 Å². The Morgan fingerprint density at radius 1 is 1.50 bits per heavy atom. The van der Waals surface area contributed by atoms with Gasteiger partial charge in [-0.1, -0.05) is 36.9 Å². The molecule has 0 saturated heterocycles. The molecule has 0 aliphatic rings. The number of halogens is 1. The van der Waals surface area contributed by atoms with Gasteiger partial charge in [-0.25, -0.2) is 0 Å². The number of rotatable bonds is 3. The first-order valence-electron chi connectivity index (χ1n) is 3.99. The van der Waals surface area contributed by atoms with Crippen LogP contribution < -0.4 is 5.50 Å². The molecule has 0 heterocycles. The molecule has 2 N–H and O–H groups in total. The molecule has 0 saturated carbocycles. The molecule has 1 rings (SSSR count). The minimum Gasteiger partial charge on any atom is -0.303 e. The van der Waals surface area contributed by atoms with Crippen LogP contribution in [0.25, 0.3) is 5.70 Å². The lowest BCUT2D eigenvalue weighted by Crippen LogP contribution is -2.14. The Morgan fingerprint density at radius 3 is 2.43 bits per heavy atom. The topological polar surface area (TPSA) is 46.3 Å². The first-order valence-corrected chi connectivity index (χ1v) is 6.63. The minimum atomic E-state index is -3.27. The quantitative estimate of drug-likeness (QED) is 0.813. The highest BCUT2D eigenvalue weighted by molar-refractivity contribution is 7.85. The SMILES string of the molecule is C=C(c1ccccc1)N(C)P(N)(=O)Cl. The van der Waals surface area contributed by atoms with Gasteiger partial charge in [0.05, 0.1) is 0 Å². The van der Waals surface area contributed by atoms with Gasteiger partial charge in [0.25, 0.3) is 0 Å². The average molecular weight is 231 g/mol. The third kappa shape index (κ3) is 2.61. The Labute approximate surface area is 88.4 Å². The molecule has 0 aliphatic carbocycles. The molecule has 1 atom stereocenters. The van der Waals surface area contributed by atoms with Crippen LogP contribution in [0, 0.1) is 0 Å². The molecule has 3 nitrogen and oxygen atoms in total. The summed E-state index contributed by atoms with van der Waals surface area (Å²) >= 11 is 5.53. The molecule has 76 valence electrons. The van der Waals surface area contributed by atoms with Crippen molar-refractivity contribution in [3.05, 3.63) is 42.5 Å². The number of nitrogens with zero attached hydrogens (tertiary/aromatic N) is 1. The fraction of sp³-hybridized carbons (Fsp3) is 0.111. The van der Waals surface area contributed by atoms with E-state index in [-0.39, 0.29) is 0 Å². The van der Waals surface area contributed by atoms with E-state index in [1.54, 1.807) is 7.05 Å². The maximum atomic E-state index is 11.3. The van der Waals surface area contributed by atoms with Gasteiger partial charge in [0.1, 0.15) is 0 Å². The fourth-order valence-electron chi connectivity index (χ4n) is 0.982. The largest absolute Gasteiger partial charge is 0.323 e. The summed E-state index contributed by atoms with van der Waals surface area (Å²) in [5.41, 5.74) is 6.70. The van der Waals surface area contributed by atoms with E-state index in [2.05, 4.69) is 6.58 Å². The van der Waals surface area contributed by atoms with Crippen molar-refractivity contribution in [2.24, 2.45) is 5.50 Å². The highest BCUT2D eigenvalue weighted by Gasteiger charge is 2.20. The molecule has 0 spiro atoms. The normalized spacial score (nSPS) is 14.5. The summed E-state index contributed by atoms with van der Waals surface area (Å²) < 4.78 is 12.6. The monoisotopic (exact) mass is 230 g/mol. The van der Waals surface area contributed by atoms with E-state index >= 15 is 0 Å². The number of hydrogen-bond donors (Lipinski definition) is 1. The first-order chi connectivity index (χ1) is 6.43. The Kier molecular flexibility index (Phi) is 3.38. The van der Waals surface area contributed by atoms with Crippen molar-refractivity contribution < 1.29 is 4.57 Å². The van der Waals surface area contributed by atoms with E-state index in [0.29, 0.717) is 5.70 Å². The molecular weight excluding hydrogens is 219 g/mol. The van der Waals surface area contributed by atoms with Crippen LogP contribution in [0.3, 0.4) is 0 Å². The molecule has 0 fully saturated rings. The van der Waals surface area contributed by atoms with Crippen LogP contribution in [0.2, 0.25) is 0 Å². The molecule has 0 aromatic heterocycles. The maximum absolute atomic E-state index is 11.3. The zero-order chi connectivity index (χ0) is 10.8. The summed E-state index contributed by atoms with van der Waals surface area (Å²) in [6, 6.07) is 9.32. The van der Waals surface area contributed by atoms with Gasteiger partial charge < -0.3 is 4.67 Å². The molecule has 5 heteroatoms. The molecule has 0 bridgehead atoms. The van der Waals surface area contributed by atoms with E-state index in [4.69, 9.17) is 16.7 Å². The zero-order valence-electron chi connectivity index (χ0n) is 7.85. The van der Waals surface area contributed by atoms with E-state index in [1.807, 2.05) is 30.3 Å². The summed E-state index contributed by atoms with van der Waals surface area (Å²) in [6.45, 7) is 0.508.